The zero-order valence-electron chi connectivity index (χ0n) is 13.7. The van der Waals surface area contributed by atoms with Gasteiger partial charge in [-0.15, -0.1) is 0 Å². The minimum Gasteiger partial charge on any atom is -0.481 e. The molecule has 0 fully saturated rings. The molecule has 0 aliphatic carbocycles. The SMILES string of the molecule is CC(C)CCCCCCOC(=O)CCCCCCC(=O)O. The first-order chi connectivity index (χ1) is 10.0. The topological polar surface area (TPSA) is 63.6 Å². The molecule has 0 saturated carbocycles. The Morgan fingerprint density at radius 2 is 1.43 bits per heavy atom. The molecule has 0 heterocycles. The lowest BCUT2D eigenvalue weighted by Crippen LogP contribution is -2.05. The molecule has 0 rings (SSSR count). The van der Waals surface area contributed by atoms with Crippen LogP contribution < -0.4 is 0 Å². The average Bonchev–Trinajstić information content (AvgIpc) is 2.41. The zero-order chi connectivity index (χ0) is 15.9. The second kappa shape index (κ2) is 13.9. The van der Waals surface area contributed by atoms with Gasteiger partial charge in [-0.05, 0) is 25.2 Å². The first kappa shape index (κ1) is 19.9. The molecule has 21 heavy (non-hydrogen) atoms. The molecule has 4 heteroatoms. The number of hydrogen-bond donors (Lipinski definition) is 1. The number of carbonyl (C=O) groups is 2. The third kappa shape index (κ3) is 16.9. The lowest BCUT2D eigenvalue weighted by molar-refractivity contribution is -0.144. The number of carboxylic acids is 1. The predicted octanol–water partition coefficient (Wildman–Crippen LogP) is 4.56. The zero-order valence-corrected chi connectivity index (χ0v) is 13.7. The Bertz CT molecular complexity index is 274. The van der Waals surface area contributed by atoms with Gasteiger partial charge < -0.3 is 9.84 Å². The fourth-order valence-corrected chi connectivity index (χ4v) is 2.17. The number of aliphatic carboxylic acids is 1. The second-order valence-corrected chi connectivity index (χ2v) is 6.13. The summed E-state index contributed by atoms with van der Waals surface area (Å²) in [5, 5.41) is 8.49. The van der Waals surface area contributed by atoms with Gasteiger partial charge in [-0.3, -0.25) is 9.59 Å². The summed E-state index contributed by atoms with van der Waals surface area (Å²) in [6, 6.07) is 0. The van der Waals surface area contributed by atoms with Crippen LogP contribution in [0.25, 0.3) is 0 Å². The van der Waals surface area contributed by atoms with E-state index < -0.39 is 5.97 Å². The molecule has 0 saturated heterocycles. The first-order valence-electron chi connectivity index (χ1n) is 8.39. The third-order valence-corrected chi connectivity index (χ3v) is 3.46. The van der Waals surface area contributed by atoms with Crippen LogP contribution in [0.4, 0.5) is 0 Å². The van der Waals surface area contributed by atoms with E-state index in [9.17, 15) is 9.59 Å². The molecule has 0 aromatic heterocycles. The van der Waals surface area contributed by atoms with E-state index in [1.807, 2.05) is 0 Å². The van der Waals surface area contributed by atoms with Gasteiger partial charge in [0.2, 0.25) is 0 Å². The predicted molar refractivity (Wildman–Crippen MR) is 84.2 cm³/mol. The van der Waals surface area contributed by atoms with E-state index >= 15 is 0 Å². The van der Waals surface area contributed by atoms with Crippen LogP contribution in [0.15, 0.2) is 0 Å². The van der Waals surface area contributed by atoms with Crippen molar-refractivity contribution >= 4 is 11.9 Å². The Morgan fingerprint density at radius 3 is 2.05 bits per heavy atom. The second-order valence-electron chi connectivity index (χ2n) is 6.13. The number of esters is 1. The van der Waals surface area contributed by atoms with E-state index in [1.165, 1.54) is 19.3 Å². The molecule has 0 unspecified atom stereocenters. The van der Waals surface area contributed by atoms with E-state index in [2.05, 4.69) is 13.8 Å². The maximum Gasteiger partial charge on any atom is 0.305 e. The van der Waals surface area contributed by atoms with Crippen LogP contribution in [0.1, 0.15) is 84.5 Å². The van der Waals surface area contributed by atoms with E-state index in [1.54, 1.807) is 0 Å². The molecule has 4 nitrogen and oxygen atoms in total. The molecule has 0 aliphatic rings. The molecule has 0 bridgehead atoms. The summed E-state index contributed by atoms with van der Waals surface area (Å²) < 4.78 is 5.18. The van der Waals surface area contributed by atoms with Gasteiger partial charge in [0.15, 0.2) is 0 Å². The number of unbranched alkanes of at least 4 members (excludes halogenated alkanes) is 6. The van der Waals surface area contributed by atoms with Crippen molar-refractivity contribution in [3.8, 4) is 0 Å². The Morgan fingerprint density at radius 1 is 0.857 bits per heavy atom. The van der Waals surface area contributed by atoms with Gasteiger partial charge in [0, 0.05) is 12.8 Å². The van der Waals surface area contributed by atoms with Crippen molar-refractivity contribution in [2.45, 2.75) is 84.5 Å². The van der Waals surface area contributed by atoms with Crippen molar-refractivity contribution in [3.63, 3.8) is 0 Å². The molecule has 0 spiro atoms. The minimum atomic E-state index is -0.747. The summed E-state index contributed by atoms with van der Waals surface area (Å²) >= 11 is 0. The van der Waals surface area contributed by atoms with Crippen LogP contribution >= 0.6 is 0 Å². The first-order valence-corrected chi connectivity index (χ1v) is 8.39. The molecule has 0 atom stereocenters. The van der Waals surface area contributed by atoms with E-state index in [0.29, 0.717) is 19.4 Å². The van der Waals surface area contributed by atoms with Crippen molar-refractivity contribution < 1.29 is 19.4 Å². The van der Waals surface area contributed by atoms with Crippen molar-refractivity contribution in [2.24, 2.45) is 5.92 Å². The Kier molecular flexibility index (Phi) is 13.2. The summed E-state index contributed by atoms with van der Waals surface area (Å²) in [4.78, 5) is 21.8. The van der Waals surface area contributed by atoms with Gasteiger partial charge >= 0.3 is 11.9 Å². The highest BCUT2D eigenvalue weighted by atomic mass is 16.5. The van der Waals surface area contributed by atoms with E-state index in [0.717, 1.165) is 38.0 Å². The van der Waals surface area contributed by atoms with Crippen LogP contribution in [0.2, 0.25) is 0 Å². The molecule has 0 amide bonds. The Labute approximate surface area is 129 Å². The Hall–Kier alpha value is -1.06. The maximum atomic E-state index is 11.4. The maximum absolute atomic E-state index is 11.4. The van der Waals surface area contributed by atoms with Gasteiger partial charge in [0.1, 0.15) is 0 Å². The van der Waals surface area contributed by atoms with Crippen molar-refractivity contribution in [3.05, 3.63) is 0 Å². The van der Waals surface area contributed by atoms with Crippen molar-refractivity contribution in [1.82, 2.24) is 0 Å². The molecule has 0 radical (unpaired) electrons. The van der Waals surface area contributed by atoms with Gasteiger partial charge in [-0.2, -0.15) is 0 Å². The average molecular weight is 300 g/mol. The van der Waals surface area contributed by atoms with Crippen molar-refractivity contribution in [2.75, 3.05) is 6.61 Å². The van der Waals surface area contributed by atoms with Gasteiger partial charge in [-0.25, -0.2) is 0 Å². The summed E-state index contributed by atoms with van der Waals surface area (Å²) in [5.41, 5.74) is 0. The molecule has 0 aliphatic heterocycles. The highest BCUT2D eigenvalue weighted by Gasteiger charge is 2.03. The molecule has 0 aromatic rings. The molecular weight excluding hydrogens is 268 g/mol. The standard InChI is InChI=1S/C17H32O4/c1-15(2)11-7-5-6-10-14-21-17(20)13-9-4-3-8-12-16(18)19/h15H,3-14H2,1-2H3,(H,18,19). The van der Waals surface area contributed by atoms with Crippen LogP contribution in [0.5, 0.6) is 0 Å². The molecule has 1 N–H and O–H groups in total. The fourth-order valence-electron chi connectivity index (χ4n) is 2.17. The highest BCUT2D eigenvalue weighted by Crippen LogP contribution is 2.10. The van der Waals surface area contributed by atoms with E-state index in [4.69, 9.17) is 9.84 Å². The van der Waals surface area contributed by atoms with Gasteiger partial charge in [-0.1, -0.05) is 52.4 Å². The summed E-state index contributed by atoms with van der Waals surface area (Å²) in [6.45, 7) is 5.02. The van der Waals surface area contributed by atoms with Crippen LogP contribution in [-0.2, 0) is 14.3 Å². The Balaban J connectivity index is 3.22. The lowest BCUT2D eigenvalue weighted by Gasteiger charge is -2.06. The monoisotopic (exact) mass is 300 g/mol. The van der Waals surface area contributed by atoms with Gasteiger partial charge in [0.25, 0.3) is 0 Å². The molecule has 0 aromatic carbocycles. The quantitative estimate of drug-likeness (QED) is 0.377. The summed E-state index contributed by atoms with van der Waals surface area (Å²) in [6.07, 6.45) is 9.81. The van der Waals surface area contributed by atoms with Crippen molar-refractivity contribution in [1.29, 1.82) is 0 Å². The number of ether oxygens (including phenoxy) is 1. The molecular formula is C17H32O4. The molecule has 124 valence electrons. The van der Waals surface area contributed by atoms with E-state index in [-0.39, 0.29) is 12.4 Å². The fraction of sp³-hybridized carbons (Fsp3) is 0.882. The largest absolute Gasteiger partial charge is 0.481 e. The normalized spacial score (nSPS) is 10.8. The lowest BCUT2D eigenvalue weighted by atomic mass is 10.0. The highest BCUT2D eigenvalue weighted by molar-refractivity contribution is 5.69. The summed E-state index contributed by atoms with van der Waals surface area (Å²) in [5.74, 6) is -0.0865. The van der Waals surface area contributed by atoms with Crippen LogP contribution in [0.3, 0.4) is 0 Å². The minimum absolute atomic E-state index is 0.115. The number of carbonyl (C=O) groups excluding carboxylic acids is 1. The van der Waals surface area contributed by atoms with Crippen LogP contribution in [0, 0.1) is 5.92 Å². The number of rotatable bonds is 14. The van der Waals surface area contributed by atoms with Gasteiger partial charge in [0.05, 0.1) is 6.61 Å². The number of carboxylic acid groups (broad SMARTS) is 1. The summed E-state index contributed by atoms with van der Waals surface area (Å²) in [7, 11) is 0. The van der Waals surface area contributed by atoms with Crippen LogP contribution in [-0.4, -0.2) is 23.7 Å². The smallest absolute Gasteiger partial charge is 0.305 e. The third-order valence-electron chi connectivity index (χ3n) is 3.46. The number of hydrogen-bond acceptors (Lipinski definition) is 3.